The second-order valence-electron chi connectivity index (χ2n) is 15.4. The van der Waals surface area contributed by atoms with Gasteiger partial charge in [0.25, 0.3) is 0 Å². The monoisotopic (exact) mass is 684 g/mol. The highest BCUT2D eigenvalue weighted by Gasteiger charge is 2.39. The van der Waals surface area contributed by atoms with Crippen LogP contribution in [0.25, 0.3) is 32.7 Å². The molecule has 0 heterocycles. The zero-order valence-electron chi connectivity index (χ0n) is 31.4. The average molecular weight is 685 g/mol. The highest BCUT2D eigenvalue weighted by molar-refractivity contribution is 6.12. The van der Waals surface area contributed by atoms with Crippen molar-refractivity contribution in [1.82, 2.24) is 0 Å². The van der Waals surface area contributed by atoms with Gasteiger partial charge in [0, 0.05) is 39.2 Å². The Kier molecular flexibility index (Phi) is 7.75. The molecule has 53 heavy (non-hydrogen) atoms. The molecule has 0 aliphatic heterocycles. The number of rotatable bonds is 6. The smallest absolute Gasteiger partial charge is 0.0543 e. The lowest BCUT2D eigenvalue weighted by molar-refractivity contribution is 0.667. The summed E-state index contributed by atoms with van der Waals surface area (Å²) in [5.41, 5.74) is 17.2. The van der Waals surface area contributed by atoms with Crippen LogP contribution in [0.4, 0.5) is 34.1 Å². The highest BCUT2D eigenvalue weighted by Crippen LogP contribution is 2.56. The van der Waals surface area contributed by atoms with E-state index in [4.69, 9.17) is 0 Å². The molecular formula is C51H44N2. The van der Waals surface area contributed by atoms with Crippen LogP contribution in [0, 0.1) is 27.7 Å². The predicted molar refractivity (Wildman–Crippen MR) is 227 cm³/mol. The van der Waals surface area contributed by atoms with E-state index < -0.39 is 0 Å². The second-order valence-corrected chi connectivity index (χ2v) is 15.4. The number of anilines is 6. The number of hydrogen-bond acceptors (Lipinski definition) is 2. The Hall–Kier alpha value is -6.12. The Morgan fingerprint density at radius 2 is 0.849 bits per heavy atom. The lowest BCUT2D eigenvalue weighted by Crippen LogP contribution is -2.17. The molecule has 1 aliphatic rings. The van der Waals surface area contributed by atoms with Gasteiger partial charge in [-0.1, -0.05) is 127 Å². The van der Waals surface area contributed by atoms with E-state index in [0.29, 0.717) is 0 Å². The van der Waals surface area contributed by atoms with Gasteiger partial charge < -0.3 is 9.80 Å². The van der Waals surface area contributed by atoms with E-state index in [1.165, 1.54) is 71.7 Å². The van der Waals surface area contributed by atoms with Crippen molar-refractivity contribution in [3.05, 3.63) is 191 Å². The Bertz CT molecular complexity index is 2560. The molecule has 0 saturated heterocycles. The van der Waals surface area contributed by atoms with Gasteiger partial charge in [-0.05, 0) is 133 Å². The molecule has 0 spiro atoms. The topological polar surface area (TPSA) is 6.48 Å². The molecule has 2 heteroatoms. The Morgan fingerprint density at radius 3 is 1.36 bits per heavy atom. The first-order valence-corrected chi connectivity index (χ1v) is 18.7. The summed E-state index contributed by atoms with van der Waals surface area (Å²) in [6.07, 6.45) is 0. The highest BCUT2D eigenvalue weighted by atomic mass is 15.1. The normalized spacial score (nSPS) is 12.9. The van der Waals surface area contributed by atoms with E-state index in [0.717, 1.165) is 28.4 Å². The number of aryl methyl sites for hydroxylation is 4. The second kappa shape index (κ2) is 12.5. The van der Waals surface area contributed by atoms with E-state index in [1.807, 2.05) is 0 Å². The first kappa shape index (κ1) is 32.8. The van der Waals surface area contributed by atoms with Crippen LogP contribution in [-0.4, -0.2) is 0 Å². The largest absolute Gasteiger partial charge is 0.310 e. The summed E-state index contributed by atoms with van der Waals surface area (Å²) in [5, 5.41) is 5.09. The Balaban J connectivity index is 1.23. The van der Waals surface area contributed by atoms with Gasteiger partial charge in [0.15, 0.2) is 0 Å². The molecule has 0 atom stereocenters. The number of benzene rings is 8. The van der Waals surface area contributed by atoms with Crippen LogP contribution in [0.5, 0.6) is 0 Å². The van der Waals surface area contributed by atoms with E-state index in [2.05, 4.69) is 209 Å². The summed E-state index contributed by atoms with van der Waals surface area (Å²) in [7, 11) is 0. The van der Waals surface area contributed by atoms with Gasteiger partial charge in [-0.15, -0.1) is 0 Å². The molecule has 0 aromatic heterocycles. The standard InChI is InChI=1S/C51H44N2/c1-33-11-20-38(21-12-33)52(39-22-13-34(2)14-23-39)42-28-30-43-37(31-42)19-29-46-49-45-10-8-7-9-44(45)48(32-47(49)51(5,6)50(43)46)53(40-24-15-35(3)16-25-40)41-26-17-36(4)18-27-41/h7-32H,1-6H3. The lowest BCUT2D eigenvalue weighted by atomic mass is 9.79. The van der Waals surface area contributed by atoms with E-state index in [-0.39, 0.29) is 5.41 Å². The first-order valence-electron chi connectivity index (χ1n) is 18.7. The SMILES string of the molecule is Cc1ccc(N(c2ccc(C)cc2)c2ccc3c4c(ccc3c2)-c2c(cc(N(c3ccc(C)cc3)c3ccc(C)cc3)c3ccccc23)C4(C)C)cc1. The van der Waals surface area contributed by atoms with Crippen LogP contribution in [-0.2, 0) is 5.41 Å². The minimum absolute atomic E-state index is 0.232. The molecule has 0 bridgehead atoms. The summed E-state index contributed by atoms with van der Waals surface area (Å²) < 4.78 is 0. The summed E-state index contributed by atoms with van der Waals surface area (Å²) >= 11 is 0. The first-order chi connectivity index (χ1) is 25.7. The molecule has 2 nitrogen and oxygen atoms in total. The summed E-state index contributed by atoms with van der Waals surface area (Å²) in [5.74, 6) is 0. The maximum absolute atomic E-state index is 2.48. The molecule has 0 amide bonds. The van der Waals surface area contributed by atoms with Crippen LogP contribution >= 0.6 is 0 Å². The molecule has 0 unspecified atom stereocenters. The van der Waals surface area contributed by atoms with Crippen molar-refractivity contribution >= 4 is 55.7 Å². The molecule has 0 N–H and O–H groups in total. The molecule has 1 aliphatic carbocycles. The predicted octanol–water partition coefficient (Wildman–Crippen LogP) is 14.5. The van der Waals surface area contributed by atoms with Crippen molar-refractivity contribution in [2.24, 2.45) is 0 Å². The van der Waals surface area contributed by atoms with Gasteiger partial charge in [-0.25, -0.2) is 0 Å². The van der Waals surface area contributed by atoms with Gasteiger partial charge in [-0.3, -0.25) is 0 Å². The van der Waals surface area contributed by atoms with Crippen LogP contribution < -0.4 is 9.80 Å². The molecule has 258 valence electrons. The molecule has 0 radical (unpaired) electrons. The van der Waals surface area contributed by atoms with Crippen molar-refractivity contribution in [3.8, 4) is 11.1 Å². The fraction of sp³-hybridized carbons (Fsp3) is 0.137. The van der Waals surface area contributed by atoms with Crippen molar-refractivity contribution < 1.29 is 0 Å². The lowest BCUT2D eigenvalue weighted by Gasteiger charge is -2.30. The number of hydrogen-bond donors (Lipinski definition) is 0. The van der Waals surface area contributed by atoms with Gasteiger partial charge in [0.2, 0.25) is 0 Å². The summed E-state index contributed by atoms with van der Waals surface area (Å²) in [6.45, 7) is 13.4. The molecule has 8 aromatic carbocycles. The maximum Gasteiger partial charge on any atom is 0.0543 e. The molecule has 0 fully saturated rings. The van der Waals surface area contributed by atoms with Gasteiger partial charge in [-0.2, -0.15) is 0 Å². The van der Waals surface area contributed by atoms with Gasteiger partial charge in [0.1, 0.15) is 0 Å². The Labute approximate surface area is 313 Å². The van der Waals surface area contributed by atoms with E-state index in [1.54, 1.807) is 0 Å². The van der Waals surface area contributed by atoms with Crippen molar-refractivity contribution in [2.45, 2.75) is 47.0 Å². The molecular weight excluding hydrogens is 641 g/mol. The van der Waals surface area contributed by atoms with Crippen molar-refractivity contribution in [1.29, 1.82) is 0 Å². The third-order valence-corrected chi connectivity index (χ3v) is 11.3. The summed E-state index contributed by atoms with van der Waals surface area (Å²) in [6, 6.07) is 58.7. The van der Waals surface area contributed by atoms with Crippen LogP contribution in [0.2, 0.25) is 0 Å². The van der Waals surface area contributed by atoms with Gasteiger partial charge >= 0.3 is 0 Å². The van der Waals surface area contributed by atoms with Crippen LogP contribution in [0.1, 0.15) is 47.2 Å². The zero-order valence-corrected chi connectivity index (χ0v) is 31.4. The third kappa shape index (κ3) is 5.49. The number of fused-ring (bicyclic) bond motifs is 7. The molecule has 0 saturated carbocycles. The minimum atomic E-state index is -0.232. The fourth-order valence-corrected chi connectivity index (χ4v) is 8.45. The minimum Gasteiger partial charge on any atom is -0.310 e. The van der Waals surface area contributed by atoms with Crippen molar-refractivity contribution in [3.63, 3.8) is 0 Å². The quantitative estimate of drug-likeness (QED) is 0.172. The summed E-state index contributed by atoms with van der Waals surface area (Å²) in [4.78, 5) is 4.81. The molecule has 8 aromatic rings. The van der Waals surface area contributed by atoms with E-state index in [9.17, 15) is 0 Å². The third-order valence-electron chi connectivity index (χ3n) is 11.3. The maximum atomic E-state index is 2.48. The van der Waals surface area contributed by atoms with E-state index >= 15 is 0 Å². The molecule has 9 rings (SSSR count). The fourth-order valence-electron chi connectivity index (χ4n) is 8.45. The zero-order chi connectivity index (χ0) is 36.4. The average Bonchev–Trinajstić information content (AvgIpc) is 3.41. The Morgan fingerprint density at radius 1 is 0.396 bits per heavy atom. The van der Waals surface area contributed by atoms with Gasteiger partial charge in [0.05, 0.1) is 5.69 Å². The van der Waals surface area contributed by atoms with Crippen LogP contribution in [0.15, 0.2) is 158 Å². The van der Waals surface area contributed by atoms with Crippen molar-refractivity contribution in [2.75, 3.05) is 9.80 Å². The number of nitrogens with zero attached hydrogens (tertiary/aromatic N) is 2. The van der Waals surface area contributed by atoms with Crippen LogP contribution in [0.3, 0.4) is 0 Å².